The van der Waals surface area contributed by atoms with E-state index in [4.69, 9.17) is 4.74 Å². The van der Waals surface area contributed by atoms with Crippen LogP contribution in [0.25, 0.3) is 0 Å². The highest BCUT2D eigenvalue weighted by molar-refractivity contribution is 5.96. The van der Waals surface area contributed by atoms with Crippen LogP contribution >= 0.6 is 0 Å². The number of likely N-dealkylation sites (tertiary alicyclic amines) is 1. The van der Waals surface area contributed by atoms with Gasteiger partial charge in [-0.25, -0.2) is 9.97 Å². The second kappa shape index (κ2) is 5.56. The van der Waals surface area contributed by atoms with Crippen molar-refractivity contribution >= 4 is 17.5 Å². The number of aromatic nitrogens is 2. The van der Waals surface area contributed by atoms with Crippen molar-refractivity contribution in [3.05, 3.63) is 18.7 Å². The van der Waals surface area contributed by atoms with Gasteiger partial charge < -0.3 is 14.5 Å². The predicted octanol–water partition coefficient (Wildman–Crippen LogP) is 0.611. The lowest BCUT2D eigenvalue weighted by molar-refractivity contribution is -0.140. The maximum atomic E-state index is 12.5. The minimum Gasteiger partial charge on any atom is -0.368 e. The van der Waals surface area contributed by atoms with Gasteiger partial charge in [0.1, 0.15) is 12.4 Å². The standard InChI is InChI=1S/C16H20N4O3/c21-14-6-16(10-20(14)12-7-17-11-18-8-12)3-4-19(9-16)15(22)13-2-1-5-23-13/h7-8,11,13H,1-6,9-10H2/t13-,16-/m1/s1. The first-order valence-corrected chi connectivity index (χ1v) is 8.13. The van der Waals surface area contributed by atoms with E-state index in [9.17, 15) is 9.59 Å². The summed E-state index contributed by atoms with van der Waals surface area (Å²) in [7, 11) is 0. The van der Waals surface area contributed by atoms with Gasteiger partial charge in [-0.1, -0.05) is 0 Å². The zero-order chi connectivity index (χ0) is 15.9. The largest absolute Gasteiger partial charge is 0.368 e. The van der Waals surface area contributed by atoms with Crippen molar-refractivity contribution in [2.45, 2.75) is 31.8 Å². The summed E-state index contributed by atoms with van der Waals surface area (Å²) in [4.78, 5) is 36.5. The number of carbonyl (C=O) groups excluding carboxylic acids is 2. The molecule has 2 amide bonds. The summed E-state index contributed by atoms with van der Waals surface area (Å²) < 4.78 is 5.50. The average Bonchev–Trinajstić information content (AvgIpc) is 3.29. The van der Waals surface area contributed by atoms with Crippen LogP contribution < -0.4 is 4.90 Å². The molecule has 0 N–H and O–H groups in total. The molecule has 0 bridgehead atoms. The van der Waals surface area contributed by atoms with Crippen LogP contribution in [0, 0.1) is 5.41 Å². The number of nitrogens with zero attached hydrogens (tertiary/aromatic N) is 4. The van der Waals surface area contributed by atoms with E-state index >= 15 is 0 Å². The number of carbonyl (C=O) groups is 2. The topological polar surface area (TPSA) is 75.6 Å². The van der Waals surface area contributed by atoms with Crippen LogP contribution in [-0.2, 0) is 14.3 Å². The van der Waals surface area contributed by atoms with E-state index in [0.29, 0.717) is 32.7 Å². The van der Waals surface area contributed by atoms with Gasteiger partial charge in [-0.15, -0.1) is 0 Å². The van der Waals surface area contributed by atoms with Gasteiger partial charge in [-0.3, -0.25) is 9.59 Å². The molecule has 3 fully saturated rings. The summed E-state index contributed by atoms with van der Waals surface area (Å²) in [6, 6.07) is 0. The lowest BCUT2D eigenvalue weighted by Crippen LogP contribution is -2.39. The zero-order valence-electron chi connectivity index (χ0n) is 13.0. The van der Waals surface area contributed by atoms with E-state index in [-0.39, 0.29) is 23.3 Å². The molecule has 4 heterocycles. The second-order valence-electron chi connectivity index (χ2n) is 6.76. The maximum absolute atomic E-state index is 12.5. The molecule has 4 rings (SSSR count). The van der Waals surface area contributed by atoms with Gasteiger partial charge >= 0.3 is 0 Å². The van der Waals surface area contributed by atoms with E-state index < -0.39 is 0 Å². The first-order valence-electron chi connectivity index (χ1n) is 8.13. The fourth-order valence-corrected chi connectivity index (χ4v) is 3.93. The van der Waals surface area contributed by atoms with E-state index in [1.807, 2.05) is 4.90 Å². The molecular formula is C16H20N4O3. The van der Waals surface area contributed by atoms with Gasteiger partial charge in [0, 0.05) is 38.1 Å². The summed E-state index contributed by atoms with van der Waals surface area (Å²) in [5, 5.41) is 0. The minimum atomic E-state index is -0.277. The summed E-state index contributed by atoms with van der Waals surface area (Å²) in [6.07, 6.45) is 7.61. The predicted molar refractivity (Wildman–Crippen MR) is 81.6 cm³/mol. The average molecular weight is 316 g/mol. The summed E-state index contributed by atoms with van der Waals surface area (Å²) in [5.41, 5.74) is 0.597. The third-order valence-corrected chi connectivity index (χ3v) is 5.13. The molecule has 7 nitrogen and oxygen atoms in total. The van der Waals surface area contributed by atoms with Crippen LogP contribution in [0.2, 0.25) is 0 Å². The lowest BCUT2D eigenvalue weighted by atomic mass is 9.86. The number of amides is 2. The molecular weight excluding hydrogens is 296 g/mol. The number of anilines is 1. The van der Waals surface area contributed by atoms with Gasteiger partial charge in [-0.05, 0) is 19.3 Å². The van der Waals surface area contributed by atoms with Crippen LogP contribution in [0.3, 0.4) is 0 Å². The summed E-state index contributed by atoms with van der Waals surface area (Å²) in [5.74, 6) is 0.180. The molecule has 0 aromatic carbocycles. The summed E-state index contributed by atoms with van der Waals surface area (Å²) in [6.45, 7) is 2.66. The Bertz CT molecular complexity index is 617. The van der Waals surface area contributed by atoms with Gasteiger partial charge in [0.15, 0.2) is 0 Å². The molecule has 3 saturated heterocycles. The van der Waals surface area contributed by atoms with Crippen molar-refractivity contribution in [2.75, 3.05) is 31.1 Å². The minimum absolute atomic E-state index is 0.0891. The molecule has 3 aliphatic heterocycles. The molecule has 2 atom stereocenters. The van der Waals surface area contributed by atoms with Crippen molar-refractivity contribution < 1.29 is 14.3 Å². The van der Waals surface area contributed by atoms with E-state index in [1.165, 1.54) is 6.33 Å². The Balaban J connectivity index is 1.46. The molecule has 1 aromatic rings. The normalized spacial score (nSPS) is 30.6. The molecule has 0 radical (unpaired) electrons. The van der Waals surface area contributed by atoms with Crippen molar-refractivity contribution in [3.63, 3.8) is 0 Å². The third kappa shape index (κ3) is 2.59. The van der Waals surface area contributed by atoms with Crippen molar-refractivity contribution in [2.24, 2.45) is 5.41 Å². The van der Waals surface area contributed by atoms with Crippen molar-refractivity contribution in [3.8, 4) is 0 Å². The Morgan fingerprint density at radius 3 is 2.87 bits per heavy atom. The number of hydrogen-bond donors (Lipinski definition) is 0. The SMILES string of the molecule is O=C([C@H]1CCCO1)N1CC[C@@]2(CC(=O)N(c3cncnc3)C2)C1. The molecule has 3 aliphatic rings. The van der Waals surface area contributed by atoms with Crippen LogP contribution in [0.5, 0.6) is 0 Å². The van der Waals surface area contributed by atoms with Gasteiger partial charge in [0.25, 0.3) is 5.91 Å². The van der Waals surface area contributed by atoms with Crippen LogP contribution in [0.4, 0.5) is 5.69 Å². The Kier molecular flexibility index (Phi) is 3.52. The molecule has 7 heteroatoms. The first kappa shape index (κ1) is 14.6. The van der Waals surface area contributed by atoms with E-state index in [2.05, 4.69) is 9.97 Å². The third-order valence-electron chi connectivity index (χ3n) is 5.13. The monoisotopic (exact) mass is 316 g/mol. The quantitative estimate of drug-likeness (QED) is 0.799. The molecule has 122 valence electrons. The molecule has 0 saturated carbocycles. The molecule has 0 unspecified atom stereocenters. The van der Waals surface area contributed by atoms with Gasteiger partial charge in [0.2, 0.25) is 5.91 Å². The molecule has 23 heavy (non-hydrogen) atoms. The Morgan fingerprint density at radius 1 is 1.30 bits per heavy atom. The van der Waals surface area contributed by atoms with Crippen molar-refractivity contribution in [1.29, 1.82) is 0 Å². The van der Waals surface area contributed by atoms with E-state index in [1.54, 1.807) is 17.3 Å². The molecule has 1 spiro atoms. The highest BCUT2D eigenvalue weighted by Crippen LogP contribution is 2.42. The van der Waals surface area contributed by atoms with Crippen LogP contribution in [0.15, 0.2) is 18.7 Å². The smallest absolute Gasteiger partial charge is 0.251 e. The van der Waals surface area contributed by atoms with Crippen molar-refractivity contribution in [1.82, 2.24) is 14.9 Å². The lowest BCUT2D eigenvalue weighted by Gasteiger charge is -2.25. The highest BCUT2D eigenvalue weighted by Gasteiger charge is 2.49. The number of hydrogen-bond acceptors (Lipinski definition) is 5. The second-order valence-corrected chi connectivity index (χ2v) is 6.76. The molecule has 0 aliphatic carbocycles. The highest BCUT2D eigenvalue weighted by atomic mass is 16.5. The number of ether oxygens (including phenoxy) is 1. The maximum Gasteiger partial charge on any atom is 0.251 e. The van der Waals surface area contributed by atoms with Gasteiger partial charge in [0.05, 0.1) is 18.1 Å². The fraction of sp³-hybridized carbons (Fsp3) is 0.625. The van der Waals surface area contributed by atoms with Crippen LogP contribution in [-0.4, -0.2) is 59.0 Å². The zero-order valence-corrected chi connectivity index (χ0v) is 13.0. The van der Waals surface area contributed by atoms with E-state index in [0.717, 1.165) is 24.9 Å². The molecule has 1 aromatic heterocycles. The fourth-order valence-electron chi connectivity index (χ4n) is 3.93. The number of rotatable bonds is 2. The van der Waals surface area contributed by atoms with Crippen LogP contribution in [0.1, 0.15) is 25.7 Å². The first-order chi connectivity index (χ1) is 11.2. The van der Waals surface area contributed by atoms with Gasteiger partial charge in [-0.2, -0.15) is 0 Å². The Labute approximate surface area is 134 Å². The summed E-state index contributed by atoms with van der Waals surface area (Å²) >= 11 is 0. The Morgan fingerprint density at radius 2 is 2.13 bits per heavy atom. The Hall–Kier alpha value is -2.02.